The Balaban J connectivity index is 2.02. The average Bonchev–Trinajstić information content (AvgIpc) is 2.68. The lowest BCUT2D eigenvalue weighted by Crippen LogP contribution is -2.40. The fourth-order valence-corrected chi connectivity index (χ4v) is 4.11. The summed E-state index contributed by atoms with van der Waals surface area (Å²) in [5.74, 6) is 0. The summed E-state index contributed by atoms with van der Waals surface area (Å²) < 4.78 is 0. The van der Waals surface area contributed by atoms with Gasteiger partial charge in [-0.25, -0.2) is 0 Å². The minimum atomic E-state index is 0.344. The fourth-order valence-electron chi connectivity index (χ4n) is 4.11. The third kappa shape index (κ3) is 2.35. The molecule has 0 spiro atoms. The number of hydrogen-bond donors (Lipinski definition) is 0. The third-order valence-electron chi connectivity index (χ3n) is 5.17. The van der Waals surface area contributed by atoms with Crippen molar-refractivity contribution in [2.24, 2.45) is 4.99 Å². The molecule has 0 saturated heterocycles. The van der Waals surface area contributed by atoms with Gasteiger partial charge in [0.15, 0.2) is 0 Å². The van der Waals surface area contributed by atoms with Crippen LogP contribution in [0, 0.1) is 0 Å². The summed E-state index contributed by atoms with van der Waals surface area (Å²) in [6, 6.07) is 11.8. The highest BCUT2D eigenvalue weighted by molar-refractivity contribution is 5.84. The first-order valence-electron chi connectivity index (χ1n) is 7.96. The molecule has 1 heteroatoms. The van der Waals surface area contributed by atoms with E-state index in [1.165, 1.54) is 50.7 Å². The summed E-state index contributed by atoms with van der Waals surface area (Å²) in [5, 5.41) is 0. The summed E-state index contributed by atoms with van der Waals surface area (Å²) in [6.45, 7) is 2.26. The molecule has 2 aliphatic rings. The lowest BCUT2D eigenvalue weighted by atomic mass is 9.64. The van der Waals surface area contributed by atoms with Crippen molar-refractivity contribution in [2.45, 2.75) is 69.7 Å². The first-order chi connectivity index (χ1) is 9.35. The van der Waals surface area contributed by atoms with Crippen LogP contribution in [0.3, 0.4) is 0 Å². The predicted octanol–water partition coefficient (Wildman–Crippen LogP) is 4.90. The molecule has 0 radical (unpaired) electrons. The molecule has 1 aliphatic heterocycles. The number of benzene rings is 1. The second-order valence-corrected chi connectivity index (χ2v) is 6.19. The van der Waals surface area contributed by atoms with E-state index in [0.29, 0.717) is 11.5 Å². The quantitative estimate of drug-likeness (QED) is 0.712. The normalized spacial score (nSPS) is 31.2. The molecule has 0 aromatic heterocycles. The van der Waals surface area contributed by atoms with E-state index in [9.17, 15) is 0 Å². The van der Waals surface area contributed by atoms with E-state index in [1.54, 1.807) is 5.56 Å². The molecule has 1 fully saturated rings. The summed E-state index contributed by atoms with van der Waals surface area (Å²) >= 11 is 0. The average molecular weight is 255 g/mol. The summed E-state index contributed by atoms with van der Waals surface area (Å²) in [4.78, 5) is 5.18. The Morgan fingerprint density at radius 1 is 1.11 bits per heavy atom. The predicted molar refractivity (Wildman–Crippen MR) is 82.0 cm³/mol. The van der Waals surface area contributed by atoms with Gasteiger partial charge in [-0.3, -0.25) is 4.99 Å². The van der Waals surface area contributed by atoms with Crippen LogP contribution in [0.4, 0.5) is 0 Å². The van der Waals surface area contributed by atoms with Crippen LogP contribution in [0.1, 0.15) is 63.9 Å². The zero-order chi connectivity index (χ0) is 13.1. The van der Waals surface area contributed by atoms with E-state index in [2.05, 4.69) is 37.3 Å². The van der Waals surface area contributed by atoms with Gasteiger partial charge in [-0.1, -0.05) is 50.1 Å². The molecule has 1 heterocycles. The molecule has 19 heavy (non-hydrogen) atoms. The molecule has 1 aliphatic carbocycles. The van der Waals surface area contributed by atoms with E-state index < -0.39 is 0 Å². The van der Waals surface area contributed by atoms with Crippen molar-refractivity contribution in [3.8, 4) is 0 Å². The summed E-state index contributed by atoms with van der Waals surface area (Å²) in [7, 11) is 0. The zero-order valence-electron chi connectivity index (χ0n) is 12.1. The molecular formula is C18H25N. The van der Waals surface area contributed by atoms with Gasteiger partial charge in [0, 0.05) is 11.1 Å². The van der Waals surface area contributed by atoms with E-state index in [0.717, 1.165) is 6.42 Å². The Labute approximate surface area is 117 Å². The molecule has 1 aromatic rings. The van der Waals surface area contributed by atoms with Gasteiger partial charge in [0.2, 0.25) is 0 Å². The van der Waals surface area contributed by atoms with Gasteiger partial charge in [-0.2, -0.15) is 0 Å². The molecule has 1 saturated carbocycles. The maximum atomic E-state index is 5.18. The maximum absolute atomic E-state index is 5.18. The van der Waals surface area contributed by atoms with Crippen molar-refractivity contribution in [1.29, 1.82) is 0 Å². The first-order valence-corrected chi connectivity index (χ1v) is 7.96. The Kier molecular flexibility index (Phi) is 3.72. The SMILES string of the molecule is CCC1=N[C@@H]2CCCC[C@@]2(c2ccccc2)CCC1. The number of fused-ring (bicyclic) bond motifs is 1. The monoisotopic (exact) mass is 255 g/mol. The lowest BCUT2D eigenvalue weighted by molar-refractivity contribution is 0.236. The molecule has 0 unspecified atom stereocenters. The lowest BCUT2D eigenvalue weighted by Gasteiger charge is -2.42. The summed E-state index contributed by atoms with van der Waals surface area (Å²) in [6.07, 6.45) is 10.4. The van der Waals surface area contributed by atoms with Crippen molar-refractivity contribution in [1.82, 2.24) is 0 Å². The van der Waals surface area contributed by atoms with Crippen molar-refractivity contribution in [2.75, 3.05) is 0 Å². The van der Waals surface area contributed by atoms with Gasteiger partial charge >= 0.3 is 0 Å². The molecule has 2 atom stereocenters. The smallest absolute Gasteiger partial charge is 0.0595 e. The van der Waals surface area contributed by atoms with E-state index in [4.69, 9.17) is 4.99 Å². The van der Waals surface area contributed by atoms with Crippen molar-refractivity contribution in [3.63, 3.8) is 0 Å². The number of aliphatic imine (C=N–C) groups is 1. The molecule has 1 nitrogen and oxygen atoms in total. The van der Waals surface area contributed by atoms with Crippen LogP contribution < -0.4 is 0 Å². The number of rotatable bonds is 2. The van der Waals surface area contributed by atoms with Crippen molar-refractivity contribution >= 4 is 5.71 Å². The summed E-state index contributed by atoms with van der Waals surface area (Å²) in [5.41, 5.74) is 3.35. The molecule has 0 bridgehead atoms. The van der Waals surface area contributed by atoms with Gasteiger partial charge in [0.1, 0.15) is 0 Å². The third-order valence-corrected chi connectivity index (χ3v) is 5.17. The van der Waals surface area contributed by atoms with Crippen LogP contribution in [0.15, 0.2) is 35.3 Å². The minimum Gasteiger partial charge on any atom is -0.290 e. The Hall–Kier alpha value is -1.11. The van der Waals surface area contributed by atoms with Crippen LogP contribution in [0.2, 0.25) is 0 Å². The van der Waals surface area contributed by atoms with Gasteiger partial charge in [-0.05, 0) is 44.1 Å². The molecule has 102 valence electrons. The molecule has 1 aromatic carbocycles. The van der Waals surface area contributed by atoms with Crippen molar-refractivity contribution in [3.05, 3.63) is 35.9 Å². The van der Waals surface area contributed by atoms with Crippen LogP contribution in [0.25, 0.3) is 0 Å². The highest BCUT2D eigenvalue weighted by atomic mass is 14.8. The van der Waals surface area contributed by atoms with Crippen LogP contribution in [-0.2, 0) is 5.41 Å². The van der Waals surface area contributed by atoms with Gasteiger partial charge in [0.05, 0.1) is 6.04 Å². The Morgan fingerprint density at radius 3 is 2.68 bits per heavy atom. The van der Waals surface area contributed by atoms with E-state index in [-0.39, 0.29) is 0 Å². The Morgan fingerprint density at radius 2 is 1.89 bits per heavy atom. The number of hydrogen-bond acceptors (Lipinski definition) is 1. The minimum absolute atomic E-state index is 0.344. The van der Waals surface area contributed by atoms with Crippen LogP contribution in [-0.4, -0.2) is 11.8 Å². The van der Waals surface area contributed by atoms with Gasteiger partial charge < -0.3 is 0 Å². The standard InChI is InChI=1S/C18H25N/c1-2-16-11-8-14-18(15-9-4-3-5-10-15)13-7-6-12-17(18)19-16/h3-5,9-10,17H,2,6-8,11-14H2,1H3/t17-,18+/m1/s1. The largest absolute Gasteiger partial charge is 0.290 e. The molecule has 0 amide bonds. The van der Waals surface area contributed by atoms with E-state index >= 15 is 0 Å². The molecule has 3 rings (SSSR count). The highest BCUT2D eigenvalue weighted by Gasteiger charge is 2.42. The maximum Gasteiger partial charge on any atom is 0.0595 e. The molecular weight excluding hydrogens is 230 g/mol. The second-order valence-electron chi connectivity index (χ2n) is 6.19. The van der Waals surface area contributed by atoms with E-state index in [1.807, 2.05) is 0 Å². The second kappa shape index (κ2) is 5.48. The zero-order valence-corrected chi connectivity index (χ0v) is 12.1. The van der Waals surface area contributed by atoms with Crippen LogP contribution >= 0.6 is 0 Å². The number of nitrogens with zero attached hydrogens (tertiary/aromatic N) is 1. The van der Waals surface area contributed by atoms with Crippen LogP contribution in [0.5, 0.6) is 0 Å². The van der Waals surface area contributed by atoms with Gasteiger partial charge in [-0.15, -0.1) is 0 Å². The fraction of sp³-hybridized carbons (Fsp3) is 0.611. The highest BCUT2D eigenvalue weighted by Crippen LogP contribution is 2.46. The Bertz CT molecular complexity index is 448. The topological polar surface area (TPSA) is 12.4 Å². The first kappa shape index (κ1) is 12.9. The molecule has 0 N–H and O–H groups in total. The van der Waals surface area contributed by atoms with Gasteiger partial charge in [0.25, 0.3) is 0 Å². The van der Waals surface area contributed by atoms with Crippen molar-refractivity contribution < 1.29 is 0 Å².